The Bertz CT molecular complexity index is 1400. The molecular formula is C28H30N2O8S. The molecule has 2 aliphatic rings. The van der Waals surface area contributed by atoms with Crippen molar-refractivity contribution in [3.8, 4) is 11.5 Å². The standard InChI is InChI=1S/C28H30N2O8S/c1-5-37-27(33)22-17-9-7-8-10-21(17)39-26(22)30-18(24(32)23(25(30)29)28(34)38-6-2)14-19(31)16-12-11-15(35-3)13-20(16)36-4/h11-14,29,32H,5-10H2,1-4H3/b18-14+,29-25?. The normalized spacial score (nSPS) is 15.8. The maximum absolute atomic E-state index is 13.5. The molecule has 0 saturated heterocycles. The molecule has 1 aliphatic heterocycles. The fraction of sp³-hybridized carbons (Fsp3) is 0.357. The van der Waals surface area contributed by atoms with Gasteiger partial charge in [-0.15, -0.1) is 11.3 Å². The summed E-state index contributed by atoms with van der Waals surface area (Å²) < 4.78 is 21.0. The molecule has 0 unspecified atom stereocenters. The maximum Gasteiger partial charge on any atom is 0.345 e. The lowest BCUT2D eigenvalue weighted by molar-refractivity contribution is -0.138. The second-order valence-electron chi connectivity index (χ2n) is 8.70. The van der Waals surface area contributed by atoms with Crippen LogP contribution >= 0.6 is 11.3 Å². The summed E-state index contributed by atoms with van der Waals surface area (Å²) >= 11 is 1.29. The van der Waals surface area contributed by atoms with Crippen LogP contribution in [0.2, 0.25) is 0 Å². The van der Waals surface area contributed by atoms with Crippen LogP contribution in [0.5, 0.6) is 11.5 Å². The highest BCUT2D eigenvalue weighted by atomic mass is 32.1. The largest absolute Gasteiger partial charge is 0.505 e. The molecule has 206 valence electrons. The molecule has 2 aromatic rings. The monoisotopic (exact) mass is 554 g/mol. The SMILES string of the molecule is CCOC(=O)C1=C(O)/C(=C\C(=O)c2ccc(OC)cc2OC)N(c2sc3c(c2C(=O)OCC)CCCC3)C1=N. The smallest absolute Gasteiger partial charge is 0.345 e. The molecule has 0 amide bonds. The Morgan fingerprint density at radius 2 is 1.74 bits per heavy atom. The summed E-state index contributed by atoms with van der Waals surface area (Å²) in [5.41, 5.74) is 0.748. The molecule has 0 atom stereocenters. The minimum atomic E-state index is -0.915. The summed E-state index contributed by atoms with van der Waals surface area (Å²) in [7, 11) is 2.90. The molecule has 1 aromatic heterocycles. The molecule has 39 heavy (non-hydrogen) atoms. The van der Waals surface area contributed by atoms with Crippen molar-refractivity contribution in [2.24, 2.45) is 0 Å². The summed E-state index contributed by atoms with van der Waals surface area (Å²) in [6.45, 7) is 3.47. The fourth-order valence-electron chi connectivity index (χ4n) is 4.65. The van der Waals surface area contributed by atoms with Crippen molar-refractivity contribution in [1.29, 1.82) is 5.41 Å². The minimum absolute atomic E-state index is 0.0191. The van der Waals surface area contributed by atoms with Gasteiger partial charge < -0.3 is 24.1 Å². The van der Waals surface area contributed by atoms with Gasteiger partial charge in [0.05, 0.1) is 44.3 Å². The Balaban J connectivity index is 1.91. The number of benzene rings is 1. The number of esters is 2. The number of rotatable bonds is 9. The number of fused-ring (bicyclic) bond motifs is 1. The summed E-state index contributed by atoms with van der Waals surface area (Å²) in [6.07, 6.45) is 4.37. The zero-order chi connectivity index (χ0) is 28.3. The van der Waals surface area contributed by atoms with Gasteiger partial charge in [0.25, 0.3) is 0 Å². The number of allylic oxidation sites excluding steroid dienone is 1. The molecule has 4 rings (SSSR count). The number of ketones is 1. The number of thiophene rings is 1. The van der Waals surface area contributed by atoms with E-state index < -0.39 is 34.9 Å². The van der Waals surface area contributed by atoms with Gasteiger partial charge in [-0.05, 0) is 57.2 Å². The van der Waals surface area contributed by atoms with Gasteiger partial charge in [0, 0.05) is 17.0 Å². The van der Waals surface area contributed by atoms with Crippen molar-refractivity contribution in [3.05, 3.63) is 62.9 Å². The zero-order valence-corrected chi connectivity index (χ0v) is 23.0. The maximum atomic E-state index is 13.5. The van der Waals surface area contributed by atoms with Crippen LogP contribution in [0.1, 0.15) is 57.8 Å². The Hall–Kier alpha value is -4.12. The van der Waals surface area contributed by atoms with E-state index in [1.165, 1.54) is 36.5 Å². The van der Waals surface area contributed by atoms with E-state index in [4.69, 9.17) is 24.4 Å². The van der Waals surface area contributed by atoms with Gasteiger partial charge in [0.15, 0.2) is 11.5 Å². The van der Waals surface area contributed by atoms with E-state index >= 15 is 0 Å². The number of carbonyl (C=O) groups excluding carboxylic acids is 3. The van der Waals surface area contributed by atoms with Crippen molar-refractivity contribution in [1.82, 2.24) is 0 Å². The molecular weight excluding hydrogens is 524 g/mol. The number of aryl methyl sites for hydroxylation is 1. The third-order valence-electron chi connectivity index (χ3n) is 6.44. The molecule has 0 radical (unpaired) electrons. The first kappa shape index (κ1) is 27.9. The third-order valence-corrected chi connectivity index (χ3v) is 7.71. The Morgan fingerprint density at radius 1 is 1.05 bits per heavy atom. The molecule has 1 aliphatic carbocycles. The predicted molar refractivity (Wildman–Crippen MR) is 145 cm³/mol. The van der Waals surface area contributed by atoms with Crippen molar-refractivity contribution < 1.29 is 38.4 Å². The average molecular weight is 555 g/mol. The van der Waals surface area contributed by atoms with Crippen LogP contribution in [0.4, 0.5) is 5.00 Å². The number of nitrogens with zero attached hydrogens (tertiary/aromatic N) is 1. The number of ether oxygens (including phenoxy) is 4. The van der Waals surface area contributed by atoms with Gasteiger partial charge >= 0.3 is 11.9 Å². The number of hydrogen-bond donors (Lipinski definition) is 2. The van der Waals surface area contributed by atoms with Crippen molar-refractivity contribution >= 4 is 39.9 Å². The first-order chi connectivity index (χ1) is 18.8. The number of anilines is 1. The van der Waals surface area contributed by atoms with Gasteiger partial charge in [-0.1, -0.05) is 0 Å². The molecule has 0 bridgehead atoms. The van der Waals surface area contributed by atoms with Gasteiger partial charge in [-0.3, -0.25) is 15.1 Å². The highest BCUT2D eigenvalue weighted by Gasteiger charge is 2.42. The van der Waals surface area contributed by atoms with E-state index in [-0.39, 0.29) is 35.8 Å². The number of aliphatic hydroxyl groups is 1. The fourth-order valence-corrected chi connectivity index (χ4v) is 6.04. The molecule has 10 nitrogen and oxygen atoms in total. The molecule has 0 saturated carbocycles. The lowest BCUT2D eigenvalue weighted by Crippen LogP contribution is -2.29. The lowest BCUT2D eigenvalue weighted by Gasteiger charge is -2.21. The molecule has 0 spiro atoms. The van der Waals surface area contributed by atoms with E-state index in [1.807, 2.05) is 0 Å². The molecule has 2 N–H and O–H groups in total. The van der Waals surface area contributed by atoms with Crippen LogP contribution in [0.25, 0.3) is 0 Å². The van der Waals surface area contributed by atoms with Gasteiger partial charge in [0.2, 0.25) is 0 Å². The number of methoxy groups -OCH3 is 2. The second-order valence-corrected chi connectivity index (χ2v) is 9.78. The lowest BCUT2D eigenvalue weighted by atomic mass is 9.95. The first-order valence-electron chi connectivity index (χ1n) is 12.6. The van der Waals surface area contributed by atoms with Crippen LogP contribution in [0.15, 0.2) is 41.3 Å². The molecule has 0 fully saturated rings. The number of amidine groups is 1. The Morgan fingerprint density at radius 3 is 2.41 bits per heavy atom. The number of hydrogen-bond acceptors (Lipinski definition) is 10. The van der Waals surface area contributed by atoms with E-state index in [0.29, 0.717) is 17.2 Å². The Labute approximate surface area is 229 Å². The zero-order valence-electron chi connectivity index (χ0n) is 22.2. The predicted octanol–water partition coefficient (Wildman–Crippen LogP) is 4.76. The summed E-state index contributed by atoms with van der Waals surface area (Å²) in [5.74, 6) is -2.32. The van der Waals surface area contributed by atoms with E-state index in [0.717, 1.165) is 35.8 Å². The van der Waals surface area contributed by atoms with E-state index in [1.54, 1.807) is 26.0 Å². The molecule has 2 heterocycles. The summed E-state index contributed by atoms with van der Waals surface area (Å²) in [4.78, 5) is 41.7. The first-order valence-corrected chi connectivity index (χ1v) is 13.4. The number of nitrogens with one attached hydrogen (secondary N) is 1. The van der Waals surface area contributed by atoms with Crippen molar-refractivity contribution in [2.75, 3.05) is 32.3 Å². The number of aliphatic hydroxyl groups excluding tert-OH is 1. The van der Waals surface area contributed by atoms with Crippen LogP contribution in [-0.4, -0.2) is 56.1 Å². The average Bonchev–Trinajstić information content (AvgIpc) is 3.42. The van der Waals surface area contributed by atoms with Gasteiger partial charge in [0.1, 0.15) is 27.9 Å². The summed E-state index contributed by atoms with van der Waals surface area (Å²) in [6, 6.07) is 4.66. The van der Waals surface area contributed by atoms with Crippen LogP contribution in [0.3, 0.4) is 0 Å². The van der Waals surface area contributed by atoms with Gasteiger partial charge in [-0.25, -0.2) is 9.59 Å². The van der Waals surface area contributed by atoms with Gasteiger partial charge in [-0.2, -0.15) is 0 Å². The highest BCUT2D eigenvalue weighted by molar-refractivity contribution is 7.17. The van der Waals surface area contributed by atoms with Crippen LogP contribution in [0, 0.1) is 5.41 Å². The third kappa shape index (κ3) is 5.14. The van der Waals surface area contributed by atoms with Crippen LogP contribution in [-0.2, 0) is 27.1 Å². The molecule has 11 heteroatoms. The number of carbonyl (C=O) groups is 3. The highest BCUT2D eigenvalue weighted by Crippen LogP contribution is 2.45. The quantitative estimate of drug-likeness (QED) is 0.255. The summed E-state index contributed by atoms with van der Waals surface area (Å²) in [5, 5.41) is 20.4. The second kappa shape index (κ2) is 11.7. The van der Waals surface area contributed by atoms with Crippen molar-refractivity contribution in [2.45, 2.75) is 39.5 Å². The topological polar surface area (TPSA) is 135 Å². The van der Waals surface area contributed by atoms with E-state index in [9.17, 15) is 19.5 Å². The Kier molecular flexibility index (Phi) is 8.39. The van der Waals surface area contributed by atoms with Crippen molar-refractivity contribution in [3.63, 3.8) is 0 Å². The van der Waals surface area contributed by atoms with Crippen LogP contribution < -0.4 is 14.4 Å². The van der Waals surface area contributed by atoms with E-state index in [2.05, 4.69) is 0 Å². The molecule has 1 aromatic carbocycles. The minimum Gasteiger partial charge on any atom is -0.505 e.